The quantitative estimate of drug-likeness (QED) is 0.748. The van der Waals surface area contributed by atoms with Crippen molar-refractivity contribution in [2.45, 2.75) is 6.10 Å². The van der Waals surface area contributed by atoms with Gasteiger partial charge in [-0.15, -0.1) is 11.6 Å². The van der Waals surface area contributed by atoms with Gasteiger partial charge in [0.15, 0.2) is 11.5 Å². The molecule has 20 heavy (non-hydrogen) atoms. The number of rotatable bonds is 6. The summed E-state index contributed by atoms with van der Waals surface area (Å²) in [6.07, 6.45) is -0.634. The van der Waals surface area contributed by atoms with Gasteiger partial charge in [-0.3, -0.25) is 4.79 Å². The van der Waals surface area contributed by atoms with Crippen molar-refractivity contribution >= 4 is 17.5 Å². The first kappa shape index (κ1) is 14.9. The lowest BCUT2D eigenvalue weighted by Gasteiger charge is -2.30. The van der Waals surface area contributed by atoms with Crippen molar-refractivity contribution in [1.82, 2.24) is 4.90 Å². The van der Waals surface area contributed by atoms with Crippen LogP contribution in [0.3, 0.4) is 0 Å². The number of nitrogens with zero attached hydrogens (tertiary/aromatic N) is 1. The van der Waals surface area contributed by atoms with Crippen LogP contribution >= 0.6 is 11.6 Å². The number of carbonyl (C=O) groups is 1. The number of halogens is 1. The molecule has 110 valence electrons. The largest absolute Gasteiger partial charge is 0.485 e. The first-order valence-corrected chi connectivity index (χ1v) is 7.02. The van der Waals surface area contributed by atoms with E-state index in [9.17, 15) is 4.79 Å². The highest BCUT2D eigenvalue weighted by atomic mass is 35.5. The Labute approximate surface area is 123 Å². The van der Waals surface area contributed by atoms with Crippen LogP contribution in [0.1, 0.15) is 0 Å². The van der Waals surface area contributed by atoms with Crippen LogP contribution in [0.25, 0.3) is 0 Å². The van der Waals surface area contributed by atoms with E-state index in [1.807, 2.05) is 18.2 Å². The third kappa shape index (κ3) is 3.55. The Hall–Kier alpha value is -1.46. The van der Waals surface area contributed by atoms with E-state index in [1.165, 1.54) is 0 Å². The van der Waals surface area contributed by atoms with E-state index in [0.717, 1.165) is 0 Å². The number of carbonyl (C=O) groups excluding carboxylic acids is 1. The second-order valence-corrected chi connectivity index (χ2v) is 4.75. The van der Waals surface area contributed by atoms with Gasteiger partial charge in [0.25, 0.3) is 5.91 Å². The molecule has 6 heteroatoms. The number of benzene rings is 1. The summed E-state index contributed by atoms with van der Waals surface area (Å²) in [7, 11) is 1.60. The molecule has 2 rings (SSSR count). The van der Waals surface area contributed by atoms with Crippen LogP contribution in [0.15, 0.2) is 24.3 Å². The molecule has 5 nitrogen and oxygen atoms in total. The monoisotopic (exact) mass is 299 g/mol. The van der Waals surface area contributed by atoms with Crippen molar-refractivity contribution in [3.63, 3.8) is 0 Å². The molecule has 0 saturated heterocycles. The Bertz CT molecular complexity index is 455. The van der Waals surface area contributed by atoms with E-state index >= 15 is 0 Å². The maximum atomic E-state index is 12.4. The molecule has 1 aliphatic rings. The minimum Gasteiger partial charge on any atom is -0.485 e. The van der Waals surface area contributed by atoms with Gasteiger partial charge in [-0.2, -0.15) is 0 Å². The molecule has 0 aromatic heterocycles. The number of fused-ring (bicyclic) bond motifs is 1. The fourth-order valence-electron chi connectivity index (χ4n) is 1.98. The van der Waals surface area contributed by atoms with Gasteiger partial charge in [-0.05, 0) is 12.1 Å². The van der Waals surface area contributed by atoms with Gasteiger partial charge in [0.1, 0.15) is 6.61 Å². The number of para-hydroxylation sites is 2. The number of hydrogen-bond acceptors (Lipinski definition) is 4. The summed E-state index contributed by atoms with van der Waals surface area (Å²) in [6.45, 7) is 1.63. The molecule has 0 spiro atoms. The number of methoxy groups -OCH3 is 1. The summed E-state index contributed by atoms with van der Waals surface area (Å²) in [4.78, 5) is 14.0. The van der Waals surface area contributed by atoms with Gasteiger partial charge in [0, 0.05) is 26.1 Å². The molecule has 1 amide bonds. The minimum absolute atomic E-state index is 0.128. The van der Waals surface area contributed by atoms with Gasteiger partial charge in [-0.1, -0.05) is 12.1 Å². The fourth-order valence-corrected chi connectivity index (χ4v) is 2.18. The van der Waals surface area contributed by atoms with Crippen molar-refractivity contribution in [2.75, 3.05) is 39.3 Å². The molecule has 0 saturated carbocycles. The summed E-state index contributed by atoms with van der Waals surface area (Å²) in [5.41, 5.74) is 0. The number of ether oxygens (including phenoxy) is 3. The zero-order chi connectivity index (χ0) is 14.4. The second-order valence-electron chi connectivity index (χ2n) is 4.37. The maximum Gasteiger partial charge on any atom is 0.267 e. The Morgan fingerprint density at radius 3 is 2.85 bits per heavy atom. The first-order chi connectivity index (χ1) is 9.76. The van der Waals surface area contributed by atoms with E-state index in [-0.39, 0.29) is 12.5 Å². The smallest absolute Gasteiger partial charge is 0.267 e. The van der Waals surface area contributed by atoms with Crippen molar-refractivity contribution < 1.29 is 19.0 Å². The Balaban J connectivity index is 2.01. The maximum absolute atomic E-state index is 12.4. The summed E-state index contributed by atoms with van der Waals surface area (Å²) in [5, 5.41) is 0. The van der Waals surface area contributed by atoms with Gasteiger partial charge in [0.05, 0.1) is 6.61 Å². The third-order valence-corrected chi connectivity index (χ3v) is 3.18. The van der Waals surface area contributed by atoms with Crippen molar-refractivity contribution in [2.24, 2.45) is 0 Å². The van der Waals surface area contributed by atoms with Crippen molar-refractivity contribution in [3.05, 3.63) is 24.3 Å². The van der Waals surface area contributed by atoms with E-state index in [0.29, 0.717) is 37.1 Å². The van der Waals surface area contributed by atoms with Crippen molar-refractivity contribution in [3.8, 4) is 11.5 Å². The van der Waals surface area contributed by atoms with E-state index < -0.39 is 6.10 Å². The highest BCUT2D eigenvalue weighted by Gasteiger charge is 2.30. The molecule has 1 atom stereocenters. The summed E-state index contributed by atoms with van der Waals surface area (Å²) in [6, 6.07) is 7.31. The van der Waals surface area contributed by atoms with Crippen LogP contribution in [0.2, 0.25) is 0 Å². The predicted octanol–water partition coefficient (Wildman–Crippen LogP) is 1.54. The topological polar surface area (TPSA) is 48.0 Å². The molecule has 0 radical (unpaired) electrons. The van der Waals surface area contributed by atoms with Gasteiger partial charge in [0.2, 0.25) is 6.10 Å². The second kappa shape index (κ2) is 7.36. The van der Waals surface area contributed by atoms with E-state index in [4.69, 9.17) is 25.8 Å². The number of amides is 1. The van der Waals surface area contributed by atoms with Gasteiger partial charge < -0.3 is 19.1 Å². The minimum atomic E-state index is -0.634. The van der Waals surface area contributed by atoms with E-state index in [1.54, 1.807) is 18.1 Å². The molecule has 0 bridgehead atoms. The lowest BCUT2D eigenvalue weighted by Crippen LogP contribution is -2.48. The predicted molar refractivity (Wildman–Crippen MR) is 75.5 cm³/mol. The van der Waals surface area contributed by atoms with Crippen LogP contribution in [0.5, 0.6) is 11.5 Å². The third-order valence-electron chi connectivity index (χ3n) is 3.02. The van der Waals surface area contributed by atoms with Crippen LogP contribution in [-0.4, -0.2) is 56.2 Å². The molecule has 1 aliphatic heterocycles. The standard InChI is InChI=1S/C14H18ClNO4/c1-18-9-8-16(7-6-15)14(17)13-10-19-11-4-2-3-5-12(11)20-13/h2-5,13H,6-10H2,1H3. The normalized spacial score (nSPS) is 16.8. The zero-order valence-corrected chi connectivity index (χ0v) is 12.1. The molecule has 0 fully saturated rings. The molecule has 0 N–H and O–H groups in total. The van der Waals surface area contributed by atoms with Gasteiger partial charge >= 0.3 is 0 Å². The summed E-state index contributed by atoms with van der Waals surface area (Å²) >= 11 is 5.73. The molecular weight excluding hydrogens is 282 g/mol. The fraction of sp³-hybridized carbons (Fsp3) is 0.500. The average Bonchev–Trinajstić information content (AvgIpc) is 2.50. The van der Waals surface area contributed by atoms with Crippen molar-refractivity contribution in [1.29, 1.82) is 0 Å². The summed E-state index contributed by atoms with van der Waals surface area (Å²) < 4.78 is 16.3. The molecule has 1 aromatic rings. The molecule has 0 aliphatic carbocycles. The lowest BCUT2D eigenvalue weighted by atomic mass is 10.2. The molecule has 1 heterocycles. The SMILES string of the molecule is COCCN(CCCl)C(=O)C1COc2ccccc2O1. The van der Waals surface area contributed by atoms with Crippen LogP contribution in [0.4, 0.5) is 0 Å². The van der Waals surface area contributed by atoms with Crippen LogP contribution in [0, 0.1) is 0 Å². The first-order valence-electron chi connectivity index (χ1n) is 6.48. The van der Waals surface area contributed by atoms with Gasteiger partial charge in [-0.25, -0.2) is 0 Å². The molecular formula is C14H18ClNO4. The highest BCUT2D eigenvalue weighted by Crippen LogP contribution is 2.31. The lowest BCUT2D eigenvalue weighted by molar-refractivity contribution is -0.141. The van der Waals surface area contributed by atoms with Crippen LogP contribution < -0.4 is 9.47 Å². The Morgan fingerprint density at radius 1 is 1.40 bits per heavy atom. The number of hydrogen-bond donors (Lipinski definition) is 0. The summed E-state index contributed by atoms with van der Waals surface area (Å²) in [5.74, 6) is 1.50. The number of alkyl halides is 1. The van der Waals surface area contributed by atoms with E-state index in [2.05, 4.69) is 0 Å². The zero-order valence-electron chi connectivity index (χ0n) is 11.4. The Morgan fingerprint density at radius 2 is 2.15 bits per heavy atom. The van der Waals surface area contributed by atoms with Crippen LogP contribution in [-0.2, 0) is 9.53 Å². The average molecular weight is 300 g/mol. The molecule has 1 unspecified atom stereocenters. The highest BCUT2D eigenvalue weighted by molar-refractivity contribution is 6.18. The molecule has 1 aromatic carbocycles. The Kier molecular flexibility index (Phi) is 5.49.